The molecule has 0 fully saturated rings. The highest BCUT2D eigenvalue weighted by molar-refractivity contribution is 9.10. The lowest BCUT2D eigenvalue weighted by atomic mass is 9.91. The Morgan fingerprint density at radius 2 is 1.35 bits per heavy atom. The van der Waals surface area contributed by atoms with Crippen molar-refractivity contribution in [3.8, 4) is 11.1 Å². The maximum atomic E-state index is 3.52. The number of rotatable bonds is 1. The number of benzene rings is 2. The van der Waals surface area contributed by atoms with Gasteiger partial charge in [0.25, 0.3) is 0 Å². The molecular weight excluding hydrogens is 272 g/mol. The summed E-state index contributed by atoms with van der Waals surface area (Å²) < 4.78 is 1.14. The van der Waals surface area contributed by atoms with Crippen LogP contribution < -0.4 is 0 Å². The molecule has 0 bridgehead atoms. The van der Waals surface area contributed by atoms with Gasteiger partial charge in [-0.25, -0.2) is 0 Å². The summed E-state index contributed by atoms with van der Waals surface area (Å²) in [6.07, 6.45) is 0. The first-order valence-electron chi connectivity index (χ1n) is 5.83. The topological polar surface area (TPSA) is 0 Å². The van der Waals surface area contributed by atoms with E-state index < -0.39 is 0 Å². The Balaban J connectivity index is 2.68. The molecule has 0 unspecified atom stereocenters. The van der Waals surface area contributed by atoms with Crippen LogP contribution in [0.15, 0.2) is 34.8 Å². The Morgan fingerprint density at radius 1 is 0.765 bits per heavy atom. The van der Waals surface area contributed by atoms with Crippen molar-refractivity contribution in [3.05, 3.63) is 57.1 Å². The van der Waals surface area contributed by atoms with Gasteiger partial charge >= 0.3 is 0 Å². The van der Waals surface area contributed by atoms with Gasteiger partial charge in [-0.2, -0.15) is 0 Å². The number of aryl methyl sites for hydroxylation is 4. The molecule has 0 spiro atoms. The van der Waals surface area contributed by atoms with Crippen LogP contribution in [0.1, 0.15) is 22.3 Å². The molecule has 0 saturated heterocycles. The van der Waals surface area contributed by atoms with Crippen molar-refractivity contribution in [1.82, 2.24) is 0 Å². The number of hydrogen-bond acceptors (Lipinski definition) is 0. The van der Waals surface area contributed by atoms with E-state index in [9.17, 15) is 0 Å². The average molecular weight is 289 g/mol. The molecule has 0 radical (unpaired) electrons. The summed E-state index contributed by atoms with van der Waals surface area (Å²) in [5, 5.41) is 0. The van der Waals surface area contributed by atoms with Crippen LogP contribution in [0.3, 0.4) is 0 Å². The second kappa shape index (κ2) is 4.66. The minimum Gasteiger partial charge on any atom is -0.0557 e. The number of halogens is 1. The molecule has 0 saturated carbocycles. The maximum Gasteiger partial charge on any atom is 0.0178 e. The van der Waals surface area contributed by atoms with Crippen molar-refractivity contribution in [3.63, 3.8) is 0 Å². The highest BCUT2D eigenvalue weighted by Crippen LogP contribution is 2.32. The molecule has 0 aromatic heterocycles. The fraction of sp³-hybridized carbons (Fsp3) is 0.250. The zero-order valence-corrected chi connectivity index (χ0v) is 12.4. The van der Waals surface area contributed by atoms with E-state index in [0.29, 0.717) is 0 Å². The maximum absolute atomic E-state index is 3.52. The molecule has 0 atom stereocenters. The third-order valence-electron chi connectivity index (χ3n) is 3.13. The summed E-state index contributed by atoms with van der Waals surface area (Å²) >= 11 is 3.52. The Bertz CT molecular complexity index is 545. The van der Waals surface area contributed by atoms with Gasteiger partial charge in [0.2, 0.25) is 0 Å². The second-order valence-electron chi connectivity index (χ2n) is 4.73. The van der Waals surface area contributed by atoms with Crippen molar-refractivity contribution in [2.45, 2.75) is 27.7 Å². The Hall–Kier alpha value is -1.08. The third kappa shape index (κ3) is 2.44. The largest absolute Gasteiger partial charge is 0.0557 e. The zero-order chi connectivity index (χ0) is 12.6. The smallest absolute Gasteiger partial charge is 0.0178 e. The molecule has 0 nitrogen and oxygen atoms in total. The Labute approximate surface area is 112 Å². The molecule has 17 heavy (non-hydrogen) atoms. The quantitative estimate of drug-likeness (QED) is 0.664. The van der Waals surface area contributed by atoms with Gasteiger partial charge < -0.3 is 0 Å². The van der Waals surface area contributed by atoms with Gasteiger partial charge in [-0.05, 0) is 67.6 Å². The van der Waals surface area contributed by atoms with E-state index in [1.54, 1.807) is 0 Å². The first kappa shape index (κ1) is 12.4. The standard InChI is InChI=1S/C16H17Br/c1-10-7-12(3)16(13(4)8-10)15-6-5-14(17)9-11(15)2/h5-9H,1-4H3. The van der Waals surface area contributed by atoms with Crippen LogP contribution in [0.2, 0.25) is 0 Å². The normalized spacial score (nSPS) is 10.6. The summed E-state index contributed by atoms with van der Waals surface area (Å²) in [5.74, 6) is 0. The molecule has 2 rings (SSSR count). The van der Waals surface area contributed by atoms with E-state index in [1.165, 1.54) is 33.4 Å². The van der Waals surface area contributed by atoms with Crippen LogP contribution in [-0.4, -0.2) is 0 Å². The molecule has 1 heteroatoms. The van der Waals surface area contributed by atoms with Gasteiger partial charge in [-0.15, -0.1) is 0 Å². The number of hydrogen-bond donors (Lipinski definition) is 0. The predicted octanol–water partition coefficient (Wildman–Crippen LogP) is 5.35. The van der Waals surface area contributed by atoms with E-state index in [2.05, 4.69) is 74.0 Å². The molecule has 2 aromatic rings. The molecule has 0 heterocycles. The second-order valence-corrected chi connectivity index (χ2v) is 5.65. The molecule has 0 N–H and O–H groups in total. The van der Waals surface area contributed by atoms with Gasteiger partial charge in [0.05, 0.1) is 0 Å². The van der Waals surface area contributed by atoms with Gasteiger partial charge in [0.15, 0.2) is 0 Å². The fourth-order valence-electron chi connectivity index (χ4n) is 2.51. The van der Waals surface area contributed by atoms with Crippen LogP contribution >= 0.6 is 15.9 Å². The first-order valence-corrected chi connectivity index (χ1v) is 6.62. The predicted molar refractivity (Wildman–Crippen MR) is 78.5 cm³/mol. The van der Waals surface area contributed by atoms with Gasteiger partial charge in [-0.1, -0.05) is 39.7 Å². The summed E-state index contributed by atoms with van der Waals surface area (Å²) in [7, 11) is 0. The van der Waals surface area contributed by atoms with Crippen LogP contribution in [0, 0.1) is 27.7 Å². The summed E-state index contributed by atoms with van der Waals surface area (Å²) in [4.78, 5) is 0. The molecule has 0 amide bonds. The van der Waals surface area contributed by atoms with E-state index >= 15 is 0 Å². The zero-order valence-electron chi connectivity index (χ0n) is 10.8. The van der Waals surface area contributed by atoms with Crippen molar-refractivity contribution < 1.29 is 0 Å². The highest BCUT2D eigenvalue weighted by atomic mass is 79.9. The lowest BCUT2D eigenvalue weighted by Gasteiger charge is -2.14. The summed E-state index contributed by atoms with van der Waals surface area (Å²) in [5.41, 5.74) is 8.07. The van der Waals surface area contributed by atoms with Crippen molar-refractivity contribution >= 4 is 15.9 Å². The third-order valence-corrected chi connectivity index (χ3v) is 3.63. The van der Waals surface area contributed by atoms with Gasteiger partial charge in [0.1, 0.15) is 0 Å². The van der Waals surface area contributed by atoms with E-state index in [1.807, 2.05) is 0 Å². The Kier molecular flexibility index (Phi) is 3.39. The molecule has 0 aliphatic heterocycles. The van der Waals surface area contributed by atoms with Crippen LogP contribution in [0.5, 0.6) is 0 Å². The first-order chi connectivity index (χ1) is 7.99. The molecule has 0 aliphatic carbocycles. The van der Waals surface area contributed by atoms with E-state index in [4.69, 9.17) is 0 Å². The monoisotopic (exact) mass is 288 g/mol. The Morgan fingerprint density at radius 3 is 1.88 bits per heavy atom. The van der Waals surface area contributed by atoms with Crippen LogP contribution in [0.4, 0.5) is 0 Å². The minimum absolute atomic E-state index is 1.14. The average Bonchev–Trinajstić information content (AvgIpc) is 2.19. The lowest BCUT2D eigenvalue weighted by Crippen LogP contribution is -1.92. The summed E-state index contributed by atoms with van der Waals surface area (Å²) in [6, 6.07) is 11.0. The van der Waals surface area contributed by atoms with Crippen LogP contribution in [-0.2, 0) is 0 Å². The van der Waals surface area contributed by atoms with Gasteiger partial charge in [-0.3, -0.25) is 0 Å². The molecule has 2 aromatic carbocycles. The molecule has 0 aliphatic rings. The van der Waals surface area contributed by atoms with E-state index in [-0.39, 0.29) is 0 Å². The van der Waals surface area contributed by atoms with E-state index in [0.717, 1.165) is 4.47 Å². The fourth-order valence-corrected chi connectivity index (χ4v) is 2.99. The van der Waals surface area contributed by atoms with Crippen LogP contribution in [0.25, 0.3) is 11.1 Å². The minimum atomic E-state index is 1.14. The molecule has 88 valence electrons. The van der Waals surface area contributed by atoms with Crippen molar-refractivity contribution in [1.29, 1.82) is 0 Å². The van der Waals surface area contributed by atoms with Crippen molar-refractivity contribution in [2.75, 3.05) is 0 Å². The molecular formula is C16H17Br. The highest BCUT2D eigenvalue weighted by Gasteiger charge is 2.09. The SMILES string of the molecule is Cc1cc(C)c(-c2ccc(Br)cc2C)c(C)c1. The van der Waals surface area contributed by atoms with Crippen molar-refractivity contribution in [2.24, 2.45) is 0 Å². The summed E-state index contributed by atoms with van der Waals surface area (Å²) in [6.45, 7) is 8.70. The van der Waals surface area contributed by atoms with Gasteiger partial charge in [0, 0.05) is 4.47 Å². The lowest BCUT2D eigenvalue weighted by molar-refractivity contribution is 1.30.